The number of hydrogen-bond acceptors (Lipinski definition) is 4. The van der Waals surface area contributed by atoms with Crippen LogP contribution in [-0.2, 0) is 0 Å². The highest BCUT2D eigenvalue weighted by molar-refractivity contribution is 5.55. The number of nitrogens with one attached hydrogen (secondary N) is 1. The van der Waals surface area contributed by atoms with Crippen molar-refractivity contribution in [2.75, 3.05) is 25.5 Å². The molecule has 0 saturated carbocycles. The lowest BCUT2D eigenvalue weighted by Crippen LogP contribution is -2.32. The molecule has 0 spiro atoms. The third-order valence-corrected chi connectivity index (χ3v) is 3.06. The average Bonchev–Trinajstić information content (AvgIpc) is 2.38. The molecule has 0 amide bonds. The predicted octanol–water partition coefficient (Wildman–Crippen LogP) is 2.10. The summed E-state index contributed by atoms with van der Waals surface area (Å²) in [5, 5.41) is 12.2. The molecule has 1 atom stereocenters. The number of anilines is 1. The Morgan fingerprint density at radius 3 is 3.00 bits per heavy atom. The van der Waals surface area contributed by atoms with Gasteiger partial charge in [-0.1, -0.05) is 6.92 Å². The monoisotopic (exact) mass is 232 g/mol. The van der Waals surface area contributed by atoms with Gasteiger partial charge in [-0.25, -0.2) is 0 Å². The second kappa shape index (κ2) is 6.87. The van der Waals surface area contributed by atoms with Gasteiger partial charge in [-0.3, -0.25) is 4.98 Å². The molecule has 0 aliphatic heterocycles. The fraction of sp³-hybridized carbons (Fsp3) is 0.538. The molecule has 0 aliphatic rings. The van der Waals surface area contributed by atoms with Gasteiger partial charge in [-0.15, -0.1) is 0 Å². The molecule has 17 heavy (non-hydrogen) atoms. The van der Waals surface area contributed by atoms with E-state index in [1.165, 1.54) is 0 Å². The van der Waals surface area contributed by atoms with Gasteiger partial charge in [0.05, 0.1) is 17.4 Å². The first-order valence-corrected chi connectivity index (χ1v) is 5.97. The van der Waals surface area contributed by atoms with Crippen LogP contribution in [0.2, 0.25) is 0 Å². The Hall–Kier alpha value is -1.60. The Labute approximate surface area is 103 Å². The third kappa shape index (κ3) is 4.04. The van der Waals surface area contributed by atoms with Gasteiger partial charge < -0.3 is 10.2 Å². The summed E-state index contributed by atoms with van der Waals surface area (Å²) in [6.07, 6.45) is 4.48. The summed E-state index contributed by atoms with van der Waals surface area (Å²) >= 11 is 0. The van der Waals surface area contributed by atoms with Crippen LogP contribution in [0.15, 0.2) is 18.5 Å². The number of nitriles is 1. The summed E-state index contributed by atoms with van der Waals surface area (Å²) in [7, 11) is 2.12. The summed E-state index contributed by atoms with van der Waals surface area (Å²) in [6.45, 7) is 6.17. The number of pyridine rings is 1. The van der Waals surface area contributed by atoms with Gasteiger partial charge in [0.25, 0.3) is 0 Å². The molecule has 0 saturated heterocycles. The zero-order valence-electron chi connectivity index (χ0n) is 10.8. The topological polar surface area (TPSA) is 52.0 Å². The van der Waals surface area contributed by atoms with E-state index in [1.807, 2.05) is 0 Å². The Morgan fingerprint density at radius 2 is 2.35 bits per heavy atom. The fourth-order valence-electron chi connectivity index (χ4n) is 1.53. The van der Waals surface area contributed by atoms with Crippen molar-refractivity contribution >= 4 is 5.69 Å². The van der Waals surface area contributed by atoms with E-state index in [-0.39, 0.29) is 0 Å². The van der Waals surface area contributed by atoms with Crippen molar-refractivity contribution in [2.45, 2.75) is 26.3 Å². The number of hydrogen-bond donors (Lipinski definition) is 1. The number of aromatic nitrogens is 1. The van der Waals surface area contributed by atoms with E-state index in [0.717, 1.165) is 25.2 Å². The molecule has 4 heteroatoms. The van der Waals surface area contributed by atoms with E-state index in [2.05, 4.69) is 42.2 Å². The van der Waals surface area contributed by atoms with E-state index in [9.17, 15) is 0 Å². The molecule has 0 radical (unpaired) electrons. The molecular weight excluding hydrogens is 212 g/mol. The van der Waals surface area contributed by atoms with Crippen molar-refractivity contribution in [2.24, 2.45) is 0 Å². The van der Waals surface area contributed by atoms with Crippen LogP contribution in [-0.4, -0.2) is 36.1 Å². The first kappa shape index (κ1) is 13.5. The minimum absolute atomic E-state index is 0.584. The van der Waals surface area contributed by atoms with Crippen LogP contribution in [0.3, 0.4) is 0 Å². The van der Waals surface area contributed by atoms with Crippen LogP contribution < -0.4 is 5.32 Å². The maximum atomic E-state index is 8.93. The van der Waals surface area contributed by atoms with Gasteiger partial charge in [0.15, 0.2) is 0 Å². The number of nitrogens with zero attached hydrogens (tertiary/aromatic N) is 3. The fourth-order valence-corrected chi connectivity index (χ4v) is 1.53. The second-order valence-corrected chi connectivity index (χ2v) is 4.20. The molecule has 1 aromatic rings. The average molecular weight is 232 g/mol. The van der Waals surface area contributed by atoms with Crippen molar-refractivity contribution in [3.63, 3.8) is 0 Å². The largest absolute Gasteiger partial charge is 0.381 e. The van der Waals surface area contributed by atoms with Crippen LogP contribution >= 0.6 is 0 Å². The summed E-state index contributed by atoms with van der Waals surface area (Å²) < 4.78 is 0. The van der Waals surface area contributed by atoms with Crippen molar-refractivity contribution < 1.29 is 0 Å². The zero-order chi connectivity index (χ0) is 12.7. The van der Waals surface area contributed by atoms with Crippen LogP contribution in [0.4, 0.5) is 5.69 Å². The molecule has 4 nitrogen and oxygen atoms in total. The van der Waals surface area contributed by atoms with Crippen LogP contribution in [0.25, 0.3) is 0 Å². The van der Waals surface area contributed by atoms with E-state index in [0.29, 0.717) is 11.6 Å². The molecule has 0 fully saturated rings. The second-order valence-electron chi connectivity index (χ2n) is 4.20. The van der Waals surface area contributed by atoms with Crippen molar-refractivity contribution in [3.05, 3.63) is 24.0 Å². The zero-order valence-corrected chi connectivity index (χ0v) is 10.8. The SMILES string of the molecule is CCC(C)N(C)CCNc1cnccc1C#N. The van der Waals surface area contributed by atoms with E-state index < -0.39 is 0 Å². The van der Waals surface area contributed by atoms with E-state index in [4.69, 9.17) is 5.26 Å². The molecule has 1 unspecified atom stereocenters. The van der Waals surface area contributed by atoms with Gasteiger partial charge in [0.1, 0.15) is 6.07 Å². The molecule has 1 heterocycles. The molecule has 1 N–H and O–H groups in total. The predicted molar refractivity (Wildman–Crippen MR) is 69.8 cm³/mol. The minimum Gasteiger partial charge on any atom is -0.381 e. The lowest BCUT2D eigenvalue weighted by atomic mass is 10.2. The molecule has 0 aromatic carbocycles. The summed E-state index contributed by atoms with van der Waals surface area (Å²) in [4.78, 5) is 6.32. The molecule has 0 aliphatic carbocycles. The van der Waals surface area contributed by atoms with E-state index >= 15 is 0 Å². The van der Waals surface area contributed by atoms with Crippen molar-refractivity contribution in [1.29, 1.82) is 5.26 Å². The Morgan fingerprint density at radius 1 is 1.59 bits per heavy atom. The maximum absolute atomic E-state index is 8.93. The quantitative estimate of drug-likeness (QED) is 0.816. The standard InChI is InChI=1S/C13H20N4/c1-4-11(2)17(3)8-7-16-13-10-15-6-5-12(13)9-14/h5-6,10-11,16H,4,7-8H2,1-3H3. The van der Waals surface area contributed by atoms with Crippen LogP contribution in [0.5, 0.6) is 0 Å². The normalized spacial score (nSPS) is 12.2. The highest BCUT2D eigenvalue weighted by Gasteiger charge is 2.06. The van der Waals surface area contributed by atoms with Crippen molar-refractivity contribution in [3.8, 4) is 6.07 Å². The molecule has 0 bridgehead atoms. The third-order valence-electron chi connectivity index (χ3n) is 3.06. The smallest absolute Gasteiger partial charge is 0.101 e. The minimum atomic E-state index is 0.584. The first-order chi connectivity index (χ1) is 8.19. The molecular formula is C13H20N4. The Bertz CT molecular complexity index is 383. The molecule has 1 rings (SSSR count). The summed E-state index contributed by atoms with van der Waals surface area (Å²) in [6, 6.07) is 4.46. The lowest BCUT2D eigenvalue weighted by Gasteiger charge is -2.23. The summed E-state index contributed by atoms with van der Waals surface area (Å²) in [5.41, 5.74) is 1.46. The van der Waals surface area contributed by atoms with Gasteiger partial charge >= 0.3 is 0 Å². The Balaban J connectivity index is 2.44. The number of likely N-dealkylation sites (N-methyl/N-ethyl adjacent to an activating group) is 1. The van der Waals surface area contributed by atoms with Gasteiger partial charge in [-0.2, -0.15) is 5.26 Å². The number of rotatable bonds is 6. The summed E-state index contributed by atoms with van der Waals surface area (Å²) in [5.74, 6) is 0. The van der Waals surface area contributed by atoms with Crippen molar-refractivity contribution in [1.82, 2.24) is 9.88 Å². The Kier molecular flexibility index (Phi) is 5.44. The highest BCUT2D eigenvalue weighted by atomic mass is 15.1. The van der Waals surface area contributed by atoms with Crippen LogP contribution in [0.1, 0.15) is 25.8 Å². The van der Waals surface area contributed by atoms with Gasteiger partial charge in [0.2, 0.25) is 0 Å². The molecule has 1 aromatic heterocycles. The maximum Gasteiger partial charge on any atom is 0.101 e. The van der Waals surface area contributed by atoms with E-state index in [1.54, 1.807) is 18.5 Å². The van der Waals surface area contributed by atoms with Gasteiger partial charge in [0, 0.05) is 25.3 Å². The molecule has 92 valence electrons. The first-order valence-electron chi connectivity index (χ1n) is 5.97. The highest BCUT2D eigenvalue weighted by Crippen LogP contribution is 2.11. The van der Waals surface area contributed by atoms with Crippen LogP contribution in [0, 0.1) is 11.3 Å². The van der Waals surface area contributed by atoms with Gasteiger partial charge in [-0.05, 0) is 26.5 Å². The lowest BCUT2D eigenvalue weighted by molar-refractivity contribution is 0.261.